The summed E-state index contributed by atoms with van der Waals surface area (Å²) in [5.74, 6) is 0.339. The third-order valence-electron chi connectivity index (χ3n) is 4.27. The number of benzene rings is 2. The van der Waals surface area contributed by atoms with E-state index in [9.17, 15) is 13.2 Å². The molecule has 2 N–H and O–H groups in total. The van der Waals surface area contributed by atoms with Crippen LogP contribution in [0.2, 0.25) is 5.02 Å². The third-order valence-corrected chi connectivity index (χ3v) is 6.03. The highest BCUT2D eigenvalue weighted by molar-refractivity contribution is 7.92. The van der Waals surface area contributed by atoms with Gasteiger partial charge in [0, 0.05) is 16.6 Å². The number of hydrogen-bond acceptors (Lipinski definition) is 3. The lowest BCUT2D eigenvalue weighted by molar-refractivity contribution is -0.117. The van der Waals surface area contributed by atoms with Crippen LogP contribution in [0.5, 0.6) is 0 Å². The van der Waals surface area contributed by atoms with E-state index in [1.165, 1.54) is 12.1 Å². The minimum Gasteiger partial charge on any atom is -0.326 e. The van der Waals surface area contributed by atoms with E-state index in [1.807, 2.05) is 6.92 Å². The van der Waals surface area contributed by atoms with Crippen LogP contribution in [-0.4, -0.2) is 14.3 Å². The van der Waals surface area contributed by atoms with E-state index in [-0.39, 0.29) is 16.7 Å². The number of hydrogen-bond donors (Lipinski definition) is 2. The monoisotopic (exact) mass is 378 g/mol. The summed E-state index contributed by atoms with van der Waals surface area (Å²) in [6.07, 6.45) is 0.874. The number of carbonyl (C=O) groups excluding carboxylic acids is 1. The fraction of sp³-hybridized carbons (Fsp3) is 0.278. The normalized spacial score (nSPS) is 19.3. The van der Waals surface area contributed by atoms with Crippen LogP contribution in [0, 0.1) is 18.8 Å². The van der Waals surface area contributed by atoms with E-state index in [0.29, 0.717) is 27.9 Å². The lowest BCUT2D eigenvalue weighted by Gasteiger charge is -2.13. The molecule has 132 valence electrons. The van der Waals surface area contributed by atoms with Crippen molar-refractivity contribution in [1.82, 2.24) is 0 Å². The lowest BCUT2D eigenvalue weighted by Crippen LogP contribution is -2.17. The Morgan fingerprint density at radius 2 is 1.88 bits per heavy atom. The Morgan fingerprint density at radius 3 is 2.52 bits per heavy atom. The minimum atomic E-state index is -3.79. The predicted molar refractivity (Wildman–Crippen MR) is 99.3 cm³/mol. The van der Waals surface area contributed by atoms with Crippen molar-refractivity contribution in [2.24, 2.45) is 11.8 Å². The molecule has 2 atom stereocenters. The van der Waals surface area contributed by atoms with Gasteiger partial charge in [-0.05, 0) is 55.2 Å². The summed E-state index contributed by atoms with van der Waals surface area (Å²) in [5, 5.41) is 3.24. The van der Waals surface area contributed by atoms with Crippen LogP contribution < -0.4 is 10.0 Å². The van der Waals surface area contributed by atoms with Crippen molar-refractivity contribution in [3.05, 3.63) is 53.1 Å². The molecule has 0 aliphatic heterocycles. The van der Waals surface area contributed by atoms with E-state index >= 15 is 0 Å². The summed E-state index contributed by atoms with van der Waals surface area (Å²) in [6.45, 7) is 3.73. The van der Waals surface area contributed by atoms with Crippen LogP contribution in [0.1, 0.15) is 18.9 Å². The smallest absolute Gasteiger partial charge is 0.262 e. The molecule has 2 aromatic rings. The Balaban J connectivity index is 1.84. The Labute approximate surface area is 152 Å². The maximum Gasteiger partial charge on any atom is 0.262 e. The molecule has 25 heavy (non-hydrogen) atoms. The van der Waals surface area contributed by atoms with Crippen LogP contribution in [0.25, 0.3) is 0 Å². The Morgan fingerprint density at radius 1 is 1.16 bits per heavy atom. The third kappa shape index (κ3) is 4.14. The fourth-order valence-electron chi connectivity index (χ4n) is 2.65. The lowest BCUT2D eigenvalue weighted by atomic mass is 10.2. The molecule has 1 saturated carbocycles. The van der Waals surface area contributed by atoms with Gasteiger partial charge < -0.3 is 5.32 Å². The van der Waals surface area contributed by atoms with Crippen molar-refractivity contribution in [1.29, 1.82) is 0 Å². The Bertz CT molecular complexity index is 928. The van der Waals surface area contributed by atoms with Gasteiger partial charge >= 0.3 is 0 Å². The number of nitrogens with one attached hydrogen (secondary N) is 2. The highest BCUT2D eigenvalue weighted by atomic mass is 35.5. The number of aryl methyl sites for hydroxylation is 1. The molecule has 0 aromatic heterocycles. The summed E-state index contributed by atoms with van der Waals surface area (Å²) in [6, 6.07) is 11.4. The van der Waals surface area contributed by atoms with E-state index in [4.69, 9.17) is 11.6 Å². The molecule has 0 spiro atoms. The highest BCUT2D eigenvalue weighted by Crippen LogP contribution is 2.38. The quantitative estimate of drug-likeness (QED) is 0.824. The zero-order valence-corrected chi connectivity index (χ0v) is 15.5. The van der Waals surface area contributed by atoms with Crippen molar-refractivity contribution in [3.8, 4) is 0 Å². The van der Waals surface area contributed by atoms with E-state index in [2.05, 4.69) is 10.0 Å². The Kier molecular flexibility index (Phi) is 4.75. The number of halogens is 1. The van der Waals surface area contributed by atoms with Gasteiger partial charge in [-0.2, -0.15) is 0 Å². The van der Waals surface area contributed by atoms with E-state index < -0.39 is 10.0 Å². The first-order chi connectivity index (χ1) is 11.8. The van der Waals surface area contributed by atoms with Gasteiger partial charge in [0.2, 0.25) is 5.91 Å². The molecule has 1 amide bonds. The first-order valence-corrected chi connectivity index (χ1v) is 9.82. The van der Waals surface area contributed by atoms with Crippen LogP contribution in [-0.2, 0) is 14.8 Å². The van der Waals surface area contributed by atoms with Gasteiger partial charge in [-0.1, -0.05) is 30.7 Å². The zero-order valence-electron chi connectivity index (χ0n) is 13.9. The molecule has 2 unspecified atom stereocenters. The van der Waals surface area contributed by atoms with Crippen LogP contribution in [0.4, 0.5) is 11.4 Å². The first kappa shape index (κ1) is 17.8. The number of carbonyl (C=O) groups is 1. The number of sulfonamides is 1. The number of anilines is 2. The molecular weight excluding hydrogens is 360 g/mol. The minimum absolute atomic E-state index is 0.0194. The standard InChI is InChI=1S/C18H19ClN2O3S/c1-11-6-7-14(20-18(22)16-8-12(16)2)10-17(11)25(23,24)21-15-5-3-4-13(19)9-15/h3-7,9-10,12,16,21H,8H2,1-2H3,(H,20,22). The molecule has 1 aliphatic carbocycles. The van der Waals surface area contributed by atoms with Crippen molar-refractivity contribution < 1.29 is 13.2 Å². The molecule has 0 heterocycles. The molecule has 1 fully saturated rings. The maximum atomic E-state index is 12.7. The molecule has 7 heteroatoms. The van der Waals surface area contributed by atoms with Gasteiger partial charge in [-0.3, -0.25) is 9.52 Å². The molecule has 0 bridgehead atoms. The molecule has 1 aliphatic rings. The molecule has 3 rings (SSSR count). The summed E-state index contributed by atoms with van der Waals surface area (Å²) in [7, 11) is -3.79. The molecule has 2 aromatic carbocycles. The van der Waals surface area contributed by atoms with Gasteiger partial charge in [0.05, 0.1) is 10.6 Å². The van der Waals surface area contributed by atoms with Gasteiger partial charge in [0.25, 0.3) is 10.0 Å². The van der Waals surface area contributed by atoms with E-state index in [1.54, 1.807) is 37.3 Å². The van der Waals surface area contributed by atoms with Crippen molar-refractivity contribution >= 4 is 38.9 Å². The summed E-state index contributed by atoms with van der Waals surface area (Å²) in [5.41, 5.74) is 1.45. The van der Waals surface area contributed by atoms with Crippen LogP contribution in [0.3, 0.4) is 0 Å². The first-order valence-electron chi connectivity index (χ1n) is 7.96. The average Bonchev–Trinajstić information content (AvgIpc) is 3.25. The topological polar surface area (TPSA) is 75.3 Å². The van der Waals surface area contributed by atoms with Crippen molar-refractivity contribution in [3.63, 3.8) is 0 Å². The fourth-order valence-corrected chi connectivity index (χ4v) is 4.16. The van der Waals surface area contributed by atoms with Crippen molar-refractivity contribution in [2.75, 3.05) is 10.0 Å². The Hall–Kier alpha value is -2.05. The second kappa shape index (κ2) is 6.69. The van der Waals surface area contributed by atoms with Crippen molar-refractivity contribution in [2.45, 2.75) is 25.2 Å². The summed E-state index contributed by atoms with van der Waals surface area (Å²) >= 11 is 5.90. The maximum absolute atomic E-state index is 12.7. The largest absolute Gasteiger partial charge is 0.326 e. The van der Waals surface area contributed by atoms with Gasteiger partial charge in [-0.25, -0.2) is 8.42 Å². The SMILES string of the molecule is Cc1ccc(NC(=O)C2CC2C)cc1S(=O)(=O)Nc1cccc(Cl)c1. The second-order valence-electron chi connectivity index (χ2n) is 6.40. The number of rotatable bonds is 5. The highest BCUT2D eigenvalue weighted by Gasteiger charge is 2.39. The van der Waals surface area contributed by atoms with Gasteiger partial charge in [-0.15, -0.1) is 0 Å². The molecule has 0 radical (unpaired) electrons. The number of amides is 1. The summed E-state index contributed by atoms with van der Waals surface area (Å²) in [4.78, 5) is 12.2. The summed E-state index contributed by atoms with van der Waals surface area (Å²) < 4.78 is 27.9. The molecule has 5 nitrogen and oxygen atoms in total. The second-order valence-corrected chi connectivity index (χ2v) is 8.49. The van der Waals surface area contributed by atoms with Gasteiger partial charge in [0.1, 0.15) is 0 Å². The predicted octanol–water partition coefficient (Wildman–Crippen LogP) is 4.04. The van der Waals surface area contributed by atoms with Crippen LogP contribution in [0.15, 0.2) is 47.4 Å². The molecular formula is C18H19ClN2O3S. The zero-order chi connectivity index (χ0) is 18.2. The average molecular weight is 379 g/mol. The van der Waals surface area contributed by atoms with Gasteiger partial charge in [0.15, 0.2) is 0 Å². The molecule has 0 saturated heterocycles. The van der Waals surface area contributed by atoms with E-state index in [0.717, 1.165) is 6.42 Å². The van der Waals surface area contributed by atoms with Crippen LogP contribution >= 0.6 is 11.6 Å².